The summed E-state index contributed by atoms with van der Waals surface area (Å²) in [5.41, 5.74) is 1.41. The predicted octanol–water partition coefficient (Wildman–Crippen LogP) is 3.59. The van der Waals surface area contributed by atoms with Crippen LogP contribution in [0.1, 0.15) is 52.5 Å². The third-order valence-corrected chi connectivity index (χ3v) is 7.64. The van der Waals surface area contributed by atoms with Crippen molar-refractivity contribution in [2.45, 2.75) is 43.9 Å². The Labute approximate surface area is 209 Å². The van der Waals surface area contributed by atoms with Gasteiger partial charge in [-0.05, 0) is 43.5 Å². The molecule has 0 unspecified atom stereocenters. The van der Waals surface area contributed by atoms with E-state index >= 15 is 0 Å². The summed E-state index contributed by atoms with van der Waals surface area (Å²) in [5, 5.41) is 25.4. The molecule has 10 nitrogen and oxygen atoms in total. The average molecular weight is 507 g/mol. The molecule has 1 fully saturated rings. The molecule has 0 saturated heterocycles. The van der Waals surface area contributed by atoms with Crippen molar-refractivity contribution >= 4 is 44.8 Å². The molecule has 4 aromatic rings. The Morgan fingerprint density at radius 2 is 1.23 bits per heavy atom. The molecule has 2 atom stereocenters. The van der Waals surface area contributed by atoms with Gasteiger partial charge in [-0.15, -0.1) is 20.4 Å². The number of hydrogen-bond acceptors (Lipinski definition) is 10. The zero-order valence-electron chi connectivity index (χ0n) is 18.6. The first kappa shape index (κ1) is 23.1. The van der Waals surface area contributed by atoms with E-state index in [4.69, 9.17) is 0 Å². The maximum absolute atomic E-state index is 12.3. The van der Waals surface area contributed by atoms with Gasteiger partial charge in [0.2, 0.25) is 22.1 Å². The molecule has 4 aromatic heterocycles. The van der Waals surface area contributed by atoms with Crippen LogP contribution in [0.2, 0.25) is 0 Å². The number of pyridine rings is 2. The molecule has 5 rings (SSSR count). The van der Waals surface area contributed by atoms with Gasteiger partial charge in [-0.25, -0.2) is 0 Å². The lowest BCUT2D eigenvalue weighted by Gasteiger charge is -2.05. The molecule has 4 heterocycles. The van der Waals surface area contributed by atoms with E-state index in [-0.39, 0.29) is 36.5 Å². The van der Waals surface area contributed by atoms with Crippen molar-refractivity contribution in [3.05, 3.63) is 70.2 Å². The summed E-state index contributed by atoms with van der Waals surface area (Å²) >= 11 is 2.82. The maximum atomic E-state index is 12.3. The van der Waals surface area contributed by atoms with Crippen LogP contribution in [0.4, 0.5) is 10.3 Å². The minimum absolute atomic E-state index is 0.165. The lowest BCUT2D eigenvalue weighted by Crippen LogP contribution is -2.14. The van der Waals surface area contributed by atoms with Crippen LogP contribution in [-0.2, 0) is 22.4 Å². The number of carbonyl (C=O) groups excluding carboxylic acids is 2. The Morgan fingerprint density at radius 3 is 1.66 bits per heavy atom. The molecule has 0 radical (unpaired) electrons. The Bertz CT molecular complexity index is 1200. The second-order valence-electron chi connectivity index (χ2n) is 8.19. The third kappa shape index (κ3) is 6.08. The molecule has 2 amide bonds. The van der Waals surface area contributed by atoms with Crippen molar-refractivity contribution < 1.29 is 9.59 Å². The Balaban J connectivity index is 1.13. The quantitative estimate of drug-likeness (QED) is 0.370. The number of rotatable bonds is 8. The Morgan fingerprint density at radius 1 is 0.743 bits per heavy atom. The molecule has 2 N–H and O–H groups in total. The first-order valence-electron chi connectivity index (χ1n) is 11.2. The summed E-state index contributed by atoms with van der Waals surface area (Å²) in [6, 6.07) is 11.0. The summed E-state index contributed by atoms with van der Waals surface area (Å²) < 4.78 is 0. The molecule has 35 heavy (non-hydrogen) atoms. The second-order valence-corrected chi connectivity index (χ2v) is 10.2. The minimum atomic E-state index is -0.165. The highest BCUT2D eigenvalue weighted by molar-refractivity contribution is 7.15. The summed E-state index contributed by atoms with van der Waals surface area (Å²) in [6.45, 7) is 0. The van der Waals surface area contributed by atoms with Crippen molar-refractivity contribution in [1.82, 2.24) is 30.4 Å². The third-order valence-electron chi connectivity index (χ3n) is 5.64. The van der Waals surface area contributed by atoms with Gasteiger partial charge in [0.15, 0.2) is 0 Å². The van der Waals surface area contributed by atoms with E-state index in [1.807, 2.05) is 36.4 Å². The van der Waals surface area contributed by atoms with E-state index < -0.39 is 0 Å². The number of anilines is 2. The highest BCUT2D eigenvalue weighted by Crippen LogP contribution is 2.45. The van der Waals surface area contributed by atoms with Gasteiger partial charge in [0, 0.05) is 35.6 Å². The van der Waals surface area contributed by atoms with E-state index in [0.717, 1.165) is 29.3 Å². The summed E-state index contributed by atoms with van der Waals surface area (Å²) in [5.74, 6) is 0.180. The zero-order chi connectivity index (χ0) is 24.0. The predicted molar refractivity (Wildman–Crippen MR) is 132 cm³/mol. The molecule has 0 spiro atoms. The van der Waals surface area contributed by atoms with Crippen LogP contribution < -0.4 is 10.6 Å². The first-order chi connectivity index (χ1) is 17.1. The van der Waals surface area contributed by atoms with Crippen LogP contribution in [0, 0.1) is 0 Å². The topological polar surface area (TPSA) is 136 Å². The molecule has 1 saturated carbocycles. The molecule has 0 bridgehead atoms. The number of aromatic nitrogens is 6. The van der Waals surface area contributed by atoms with Crippen LogP contribution in [0.5, 0.6) is 0 Å². The highest BCUT2D eigenvalue weighted by atomic mass is 32.1. The van der Waals surface area contributed by atoms with Crippen LogP contribution in [0.25, 0.3) is 0 Å². The molecule has 12 heteroatoms. The van der Waals surface area contributed by atoms with Crippen LogP contribution in [0.3, 0.4) is 0 Å². The Kier molecular flexibility index (Phi) is 7.09. The molecule has 178 valence electrons. The SMILES string of the molecule is O=C(Cc1ccccn1)Nc1nnc([C@@H]2CC[C@@H](c3nnc(NC(=O)Cc4ccccn4)s3)C2)s1. The molecular weight excluding hydrogens is 484 g/mol. The van der Waals surface area contributed by atoms with E-state index in [0.29, 0.717) is 21.7 Å². The standard InChI is InChI=1S/C23H22N8O2S2/c32-18(12-16-5-1-3-9-24-16)26-22-30-28-20(34-22)14-7-8-15(11-14)21-29-31-23(35-21)27-19(33)13-17-6-2-4-10-25-17/h1-6,9-10,14-15H,7-8,11-13H2,(H,26,30,32)(H,27,31,33)/t14-,15-/m1/s1. The molecule has 0 aromatic carbocycles. The highest BCUT2D eigenvalue weighted by Gasteiger charge is 2.32. The first-order valence-corrected chi connectivity index (χ1v) is 12.8. The van der Waals surface area contributed by atoms with Gasteiger partial charge in [0.05, 0.1) is 12.8 Å². The van der Waals surface area contributed by atoms with Gasteiger partial charge in [-0.3, -0.25) is 19.6 Å². The van der Waals surface area contributed by atoms with Crippen LogP contribution in [-0.4, -0.2) is 42.2 Å². The summed E-state index contributed by atoms with van der Waals surface area (Å²) in [6.07, 6.45) is 6.52. The molecule has 1 aliphatic carbocycles. The van der Waals surface area contributed by atoms with Crippen molar-refractivity contribution in [1.29, 1.82) is 0 Å². The second kappa shape index (κ2) is 10.7. The minimum Gasteiger partial charge on any atom is -0.300 e. The van der Waals surface area contributed by atoms with Crippen molar-refractivity contribution in [2.24, 2.45) is 0 Å². The van der Waals surface area contributed by atoms with E-state index in [1.165, 1.54) is 22.7 Å². The lowest BCUT2D eigenvalue weighted by atomic mass is 10.1. The number of nitrogens with one attached hydrogen (secondary N) is 2. The fraction of sp³-hybridized carbons (Fsp3) is 0.304. The normalized spacial score (nSPS) is 17.3. The maximum Gasteiger partial charge on any atom is 0.232 e. The van der Waals surface area contributed by atoms with E-state index in [9.17, 15) is 9.59 Å². The van der Waals surface area contributed by atoms with Crippen LogP contribution in [0.15, 0.2) is 48.8 Å². The number of amides is 2. The fourth-order valence-corrected chi connectivity index (χ4v) is 5.81. The monoisotopic (exact) mass is 506 g/mol. The van der Waals surface area contributed by atoms with E-state index in [1.54, 1.807) is 12.4 Å². The fourth-order valence-electron chi connectivity index (χ4n) is 3.99. The molecular formula is C23H22N8O2S2. The van der Waals surface area contributed by atoms with Gasteiger partial charge in [-0.1, -0.05) is 34.8 Å². The lowest BCUT2D eigenvalue weighted by molar-refractivity contribution is -0.116. The summed E-state index contributed by atoms with van der Waals surface area (Å²) in [7, 11) is 0. The van der Waals surface area contributed by atoms with Crippen molar-refractivity contribution in [2.75, 3.05) is 10.6 Å². The van der Waals surface area contributed by atoms with Gasteiger partial charge < -0.3 is 10.6 Å². The van der Waals surface area contributed by atoms with Crippen molar-refractivity contribution in [3.63, 3.8) is 0 Å². The van der Waals surface area contributed by atoms with Crippen molar-refractivity contribution in [3.8, 4) is 0 Å². The Hall–Kier alpha value is -3.64. The molecule has 1 aliphatic rings. The smallest absolute Gasteiger partial charge is 0.232 e. The molecule has 0 aliphatic heterocycles. The average Bonchev–Trinajstić information content (AvgIpc) is 3.61. The number of hydrogen-bond donors (Lipinski definition) is 2. The van der Waals surface area contributed by atoms with E-state index in [2.05, 4.69) is 41.0 Å². The number of nitrogens with zero attached hydrogens (tertiary/aromatic N) is 6. The number of carbonyl (C=O) groups is 2. The van der Waals surface area contributed by atoms with Gasteiger partial charge in [0.1, 0.15) is 10.0 Å². The largest absolute Gasteiger partial charge is 0.300 e. The van der Waals surface area contributed by atoms with Gasteiger partial charge in [-0.2, -0.15) is 0 Å². The summed E-state index contributed by atoms with van der Waals surface area (Å²) in [4.78, 5) is 32.9. The van der Waals surface area contributed by atoms with Crippen LogP contribution >= 0.6 is 22.7 Å². The van der Waals surface area contributed by atoms with Gasteiger partial charge in [0.25, 0.3) is 0 Å². The zero-order valence-corrected chi connectivity index (χ0v) is 20.3. The van der Waals surface area contributed by atoms with Gasteiger partial charge >= 0.3 is 0 Å².